The van der Waals surface area contributed by atoms with Crippen molar-refractivity contribution in [3.63, 3.8) is 0 Å². The van der Waals surface area contributed by atoms with Gasteiger partial charge in [0.1, 0.15) is 5.76 Å². The van der Waals surface area contributed by atoms with Crippen molar-refractivity contribution in [1.82, 2.24) is 5.32 Å². The summed E-state index contributed by atoms with van der Waals surface area (Å²) in [5.41, 5.74) is 0. The average Bonchev–Trinajstić information content (AvgIpc) is 2.96. The van der Waals surface area contributed by atoms with Crippen molar-refractivity contribution < 1.29 is 18.6 Å². The predicted octanol–water partition coefficient (Wildman–Crippen LogP) is 1.87. The van der Waals surface area contributed by atoms with Gasteiger partial charge in [0.15, 0.2) is 0 Å². The van der Waals surface area contributed by atoms with E-state index < -0.39 is 0 Å². The SMILES string of the molecule is COCCOCCOCCNC(C)CCc1ccco1. The molecule has 116 valence electrons. The largest absolute Gasteiger partial charge is 0.469 e. The molecular weight excluding hydrogens is 258 g/mol. The molecule has 20 heavy (non-hydrogen) atoms. The van der Waals surface area contributed by atoms with E-state index in [1.807, 2.05) is 12.1 Å². The first-order chi connectivity index (χ1) is 9.83. The molecule has 0 fully saturated rings. The Hall–Kier alpha value is -0.880. The molecule has 5 heteroatoms. The molecule has 1 rings (SSSR count). The molecule has 1 heterocycles. The molecule has 1 atom stereocenters. The van der Waals surface area contributed by atoms with Gasteiger partial charge >= 0.3 is 0 Å². The van der Waals surface area contributed by atoms with Gasteiger partial charge in [-0.3, -0.25) is 0 Å². The Morgan fingerprint density at radius 2 is 1.90 bits per heavy atom. The van der Waals surface area contributed by atoms with E-state index >= 15 is 0 Å². The van der Waals surface area contributed by atoms with Crippen LogP contribution in [0.3, 0.4) is 0 Å². The molecule has 1 aromatic heterocycles. The van der Waals surface area contributed by atoms with Crippen LogP contribution in [0.5, 0.6) is 0 Å². The Balaban J connectivity index is 1.83. The molecule has 0 aliphatic carbocycles. The smallest absolute Gasteiger partial charge is 0.103 e. The number of hydrogen-bond acceptors (Lipinski definition) is 5. The minimum atomic E-state index is 0.460. The first-order valence-corrected chi connectivity index (χ1v) is 7.23. The quantitative estimate of drug-likeness (QED) is 0.561. The summed E-state index contributed by atoms with van der Waals surface area (Å²) in [5.74, 6) is 1.04. The van der Waals surface area contributed by atoms with E-state index in [1.165, 1.54) is 0 Å². The minimum absolute atomic E-state index is 0.460. The summed E-state index contributed by atoms with van der Waals surface area (Å²) in [4.78, 5) is 0. The fourth-order valence-corrected chi connectivity index (χ4v) is 1.76. The van der Waals surface area contributed by atoms with Crippen molar-refractivity contribution in [2.75, 3.05) is 46.7 Å². The molecule has 0 aliphatic rings. The van der Waals surface area contributed by atoms with Gasteiger partial charge in [-0.25, -0.2) is 0 Å². The van der Waals surface area contributed by atoms with Gasteiger partial charge in [-0.05, 0) is 25.5 Å². The summed E-state index contributed by atoms with van der Waals surface area (Å²) in [5, 5.41) is 3.43. The second-order valence-corrected chi connectivity index (χ2v) is 4.69. The maximum Gasteiger partial charge on any atom is 0.103 e. The number of furan rings is 1. The zero-order valence-electron chi connectivity index (χ0n) is 12.6. The van der Waals surface area contributed by atoms with E-state index in [2.05, 4.69) is 12.2 Å². The summed E-state index contributed by atoms with van der Waals surface area (Å²) in [6, 6.07) is 4.40. The molecule has 0 spiro atoms. The van der Waals surface area contributed by atoms with E-state index in [0.29, 0.717) is 39.1 Å². The summed E-state index contributed by atoms with van der Waals surface area (Å²) >= 11 is 0. The third kappa shape index (κ3) is 9.09. The lowest BCUT2D eigenvalue weighted by molar-refractivity contribution is 0.0252. The molecule has 0 saturated carbocycles. The second kappa shape index (κ2) is 11.9. The van der Waals surface area contributed by atoms with Crippen molar-refractivity contribution in [2.45, 2.75) is 25.8 Å². The highest BCUT2D eigenvalue weighted by Crippen LogP contribution is 2.05. The van der Waals surface area contributed by atoms with Gasteiger partial charge in [0.2, 0.25) is 0 Å². The van der Waals surface area contributed by atoms with Crippen molar-refractivity contribution in [2.24, 2.45) is 0 Å². The van der Waals surface area contributed by atoms with Gasteiger partial charge in [0, 0.05) is 26.1 Å². The number of ether oxygens (including phenoxy) is 3. The number of aryl methyl sites for hydroxylation is 1. The van der Waals surface area contributed by atoms with Crippen molar-refractivity contribution in [3.05, 3.63) is 24.2 Å². The fourth-order valence-electron chi connectivity index (χ4n) is 1.76. The first kappa shape index (κ1) is 17.2. The molecule has 0 bridgehead atoms. The average molecular weight is 285 g/mol. The Kier molecular flexibility index (Phi) is 10.2. The molecule has 1 N–H and O–H groups in total. The lowest BCUT2D eigenvalue weighted by Gasteiger charge is -2.13. The zero-order valence-corrected chi connectivity index (χ0v) is 12.6. The molecule has 1 unspecified atom stereocenters. The van der Waals surface area contributed by atoms with Gasteiger partial charge < -0.3 is 23.9 Å². The van der Waals surface area contributed by atoms with Crippen LogP contribution < -0.4 is 5.32 Å². The van der Waals surface area contributed by atoms with Crippen molar-refractivity contribution in [1.29, 1.82) is 0 Å². The number of methoxy groups -OCH3 is 1. The maximum atomic E-state index is 5.47. The summed E-state index contributed by atoms with van der Waals surface area (Å²) < 4.78 is 21.0. The van der Waals surface area contributed by atoms with Crippen LogP contribution in [-0.4, -0.2) is 52.7 Å². The Morgan fingerprint density at radius 1 is 1.15 bits per heavy atom. The van der Waals surface area contributed by atoms with Crippen LogP contribution in [0.2, 0.25) is 0 Å². The highest BCUT2D eigenvalue weighted by Gasteiger charge is 2.03. The number of hydrogen-bond donors (Lipinski definition) is 1. The monoisotopic (exact) mass is 285 g/mol. The Labute approximate surface area is 121 Å². The third-order valence-corrected chi connectivity index (χ3v) is 2.95. The minimum Gasteiger partial charge on any atom is -0.469 e. The molecule has 0 radical (unpaired) electrons. The van der Waals surface area contributed by atoms with Crippen LogP contribution in [0.1, 0.15) is 19.1 Å². The van der Waals surface area contributed by atoms with E-state index in [1.54, 1.807) is 13.4 Å². The van der Waals surface area contributed by atoms with Crippen LogP contribution >= 0.6 is 0 Å². The van der Waals surface area contributed by atoms with Crippen LogP contribution in [0.15, 0.2) is 22.8 Å². The van der Waals surface area contributed by atoms with Gasteiger partial charge in [-0.15, -0.1) is 0 Å². The van der Waals surface area contributed by atoms with Gasteiger partial charge in [-0.2, -0.15) is 0 Å². The fraction of sp³-hybridized carbons (Fsp3) is 0.733. The van der Waals surface area contributed by atoms with Crippen LogP contribution in [0, 0.1) is 0 Å². The van der Waals surface area contributed by atoms with Crippen LogP contribution in [0.4, 0.5) is 0 Å². The van der Waals surface area contributed by atoms with Gasteiger partial charge in [0.05, 0.1) is 39.3 Å². The molecule has 1 aromatic rings. The molecule has 0 amide bonds. The number of rotatable bonds is 13. The Bertz CT molecular complexity index is 303. The van der Waals surface area contributed by atoms with Crippen molar-refractivity contribution >= 4 is 0 Å². The van der Waals surface area contributed by atoms with Crippen molar-refractivity contribution in [3.8, 4) is 0 Å². The van der Waals surface area contributed by atoms with Crippen LogP contribution in [0.25, 0.3) is 0 Å². The standard InChI is InChI=1S/C15H27NO4/c1-14(5-6-15-4-3-8-20-15)16-7-9-18-12-13-19-11-10-17-2/h3-4,8,14,16H,5-7,9-13H2,1-2H3. The lowest BCUT2D eigenvalue weighted by Crippen LogP contribution is -2.30. The summed E-state index contributed by atoms with van der Waals surface area (Å²) in [6.45, 7) is 6.26. The number of nitrogens with one attached hydrogen (secondary N) is 1. The zero-order chi connectivity index (χ0) is 14.5. The third-order valence-electron chi connectivity index (χ3n) is 2.95. The molecule has 5 nitrogen and oxygen atoms in total. The highest BCUT2D eigenvalue weighted by atomic mass is 16.5. The summed E-state index contributed by atoms with van der Waals surface area (Å²) in [7, 11) is 1.67. The Morgan fingerprint density at radius 3 is 2.60 bits per heavy atom. The molecule has 0 aromatic carbocycles. The van der Waals surface area contributed by atoms with Gasteiger partial charge in [-0.1, -0.05) is 0 Å². The summed E-state index contributed by atoms with van der Waals surface area (Å²) in [6.07, 6.45) is 3.75. The van der Waals surface area contributed by atoms with Gasteiger partial charge in [0.25, 0.3) is 0 Å². The molecule has 0 aliphatic heterocycles. The second-order valence-electron chi connectivity index (χ2n) is 4.69. The predicted molar refractivity (Wildman–Crippen MR) is 78.0 cm³/mol. The first-order valence-electron chi connectivity index (χ1n) is 7.23. The highest BCUT2D eigenvalue weighted by molar-refractivity contribution is 4.98. The van der Waals surface area contributed by atoms with E-state index in [4.69, 9.17) is 18.6 Å². The van der Waals surface area contributed by atoms with E-state index in [9.17, 15) is 0 Å². The molecular formula is C15H27NO4. The maximum absolute atomic E-state index is 5.47. The van der Waals surface area contributed by atoms with E-state index in [0.717, 1.165) is 25.1 Å². The molecule has 0 saturated heterocycles. The van der Waals surface area contributed by atoms with Crippen LogP contribution in [-0.2, 0) is 20.6 Å². The van der Waals surface area contributed by atoms with E-state index in [-0.39, 0.29) is 0 Å². The topological polar surface area (TPSA) is 52.9 Å². The normalized spacial score (nSPS) is 12.7. The lowest BCUT2D eigenvalue weighted by atomic mass is 10.1.